The fourth-order valence-electron chi connectivity index (χ4n) is 0.601. The molecule has 4 N–H and O–H groups in total. The van der Waals surface area contributed by atoms with Crippen molar-refractivity contribution in [3.63, 3.8) is 0 Å². The molecule has 0 aliphatic carbocycles. The minimum atomic E-state index is 0.243. The largest absolute Gasteiger partial charge is 0.379 e. The number of nitrogens with two attached hydrogens (primary N) is 2. The highest BCUT2D eigenvalue weighted by Crippen LogP contribution is 1.81. The molecule has 58 valence electrons. The molecule has 0 spiro atoms. The van der Waals surface area contributed by atoms with Gasteiger partial charge >= 0.3 is 0 Å². The summed E-state index contributed by atoms with van der Waals surface area (Å²) in [5, 5.41) is 3.30. The van der Waals surface area contributed by atoms with Crippen molar-refractivity contribution in [3.05, 3.63) is 0 Å². The summed E-state index contributed by atoms with van der Waals surface area (Å²) in [5.74, 6) is 5.77. The highest BCUT2D eigenvalue weighted by Gasteiger charge is 2.03. The number of hydrogen-bond donors (Lipinski definition) is 2. The Labute approximate surface area is 60.4 Å². The van der Waals surface area contributed by atoms with Crippen LogP contribution in [0.4, 0.5) is 0 Å². The third-order valence-electron chi connectivity index (χ3n) is 1.00. The van der Waals surface area contributed by atoms with E-state index in [4.69, 9.17) is 11.6 Å². The Hall–Kier alpha value is -1.26. The standard InChI is InChI=1S/C5H13N5/c1-8-5(10(2)3)4(6)9-7/h7H2,1-3H3,(H2,6,9)/b8-5-. The Kier molecular flexibility index (Phi) is 3.24. The van der Waals surface area contributed by atoms with Crippen LogP contribution in [0.25, 0.3) is 0 Å². The summed E-state index contributed by atoms with van der Waals surface area (Å²) in [7, 11) is 5.27. The van der Waals surface area contributed by atoms with Crippen LogP contribution < -0.4 is 11.6 Å². The molecule has 0 fully saturated rings. The zero-order chi connectivity index (χ0) is 8.15. The van der Waals surface area contributed by atoms with Gasteiger partial charge in [0.1, 0.15) is 0 Å². The third kappa shape index (κ3) is 1.93. The smallest absolute Gasteiger partial charge is 0.185 e. The van der Waals surface area contributed by atoms with E-state index in [1.165, 1.54) is 0 Å². The van der Waals surface area contributed by atoms with Crippen LogP contribution >= 0.6 is 0 Å². The van der Waals surface area contributed by atoms with Crippen LogP contribution in [0.1, 0.15) is 0 Å². The second kappa shape index (κ2) is 3.71. The van der Waals surface area contributed by atoms with Crippen molar-refractivity contribution in [2.24, 2.45) is 21.7 Å². The van der Waals surface area contributed by atoms with Crippen LogP contribution in [0.15, 0.2) is 10.1 Å². The molecular weight excluding hydrogens is 130 g/mol. The van der Waals surface area contributed by atoms with Crippen LogP contribution in [-0.4, -0.2) is 37.7 Å². The van der Waals surface area contributed by atoms with Crippen LogP contribution in [0.5, 0.6) is 0 Å². The summed E-state index contributed by atoms with van der Waals surface area (Å²) in [4.78, 5) is 5.61. The molecule has 0 unspecified atom stereocenters. The van der Waals surface area contributed by atoms with Crippen LogP contribution in [-0.2, 0) is 0 Å². The first-order valence-corrected chi connectivity index (χ1v) is 2.81. The zero-order valence-corrected chi connectivity index (χ0v) is 6.50. The minimum absolute atomic E-state index is 0.243. The molecule has 0 aromatic carbocycles. The van der Waals surface area contributed by atoms with Gasteiger partial charge in [0.25, 0.3) is 0 Å². The Morgan fingerprint density at radius 1 is 1.40 bits per heavy atom. The molecule has 0 aromatic rings. The molecule has 5 nitrogen and oxygen atoms in total. The maximum atomic E-state index is 5.38. The highest BCUT2D eigenvalue weighted by molar-refractivity contribution is 6.39. The minimum Gasteiger partial charge on any atom is -0.379 e. The maximum Gasteiger partial charge on any atom is 0.185 e. The summed E-state index contributed by atoms with van der Waals surface area (Å²) < 4.78 is 0. The van der Waals surface area contributed by atoms with E-state index in [0.29, 0.717) is 5.84 Å². The number of hydrazone groups is 1. The zero-order valence-electron chi connectivity index (χ0n) is 6.50. The molecule has 5 heteroatoms. The van der Waals surface area contributed by atoms with E-state index in [0.717, 1.165) is 0 Å². The van der Waals surface area contributed by atoms with Gasteiger partial charge in [0, 0.05) is 21.1 Å². The van der Waals surface area contributed by atoms with Crippen molar-refractivity contribution in [1.82, 2.24) is 4.90 Å². The molecule has 0 atom stereocenters. The fraction of sp³-hybridized carbons (Fsp3) is 0.600. The average molecular weight is 143 g/mol. The average Bonchev–Trinajstić information content (AvgIpc) is 1.88. The van der Waals surface area contributed by atoms with E-state index in [-0.39, 0.29) is 5.84 Å². The van der Waals surface area contributed by atoms with Gasteiger partial charge in [-0.25, -0.2) is 0 Å². The quantitative estimate of drug-likeness (QED) is 0.193. The predicted octanol–water partition coefficient (Wildman–Crippen LogP) is -1.19. The molecular formula is C5H13N5. The number of amidine groups is 2. The van der Waals surface area contributed by atoms with Crippen molar-refractivity contribution < 1.29 is 0 Å². The first-order chi connectivity index (χ1) is 4.63. The van der Waals surface area contributed by atoms with Gasteiger partial charge in [-0.15, -0.1) is 0 Å². The summed E-state index contributed by atoms with van der Waals surface area (Å²) in [6, 6.07) is 0. The summed E-state index contributed by atoms with van der Waals surface area (Å²) >= 11 is 0. The van der Waals surface area contributed by atoms with E-state index in [2.05, 4.69) is 10.1 Å². The molecule has 0 aliphatic heterocycles. The number of rotatable bonds is 0. The van der Waals surface area contributed by atoms with Gasteiger partial charge < -0.3 is 16.5 Å². The van der Waals surface area contributed by atoms with Gasteiger partial charge in [0.15, 0.2) is 11.7 Å². The van der Waals surface area contributed by atoms with Crippen LogP contribution in [0.2, 0.25) is 0 Å². The second-order valence-electron chi connectivity index (χ2n) is 1.96. The summed E-state index contributed by atoms with van der Waals surface area (Å²) in [5.41, 5.74) is 5.38. The number of hydrogen-bond acceptors (Lipinski definition) is 3. The van der Waals surface area contributed by atoms with E-state index in [1.54, 1.807) is 11.9 Å². The molecule has 0 amide bonds. The van der Waals surface area contributed by atoms with Crippen molar-refractivity contribution >= 4 is 11.7 Å². The Balaban J connectivity index is 4.39. The maximum absolute atomic E-state index is 5.38. The van der Waals surface area contributed by atoms with Gasteiger partial charge in [0.05, 0.1) is 0 Å². The molecule has 10 heavy (non-hydrogen) atoms. The van der Waals surface area contributed by atoms with Gasteiger partial charge in [-0.2, -0.15) is 5.10 Å². The topological polar surface area (TPSA) is 80.0 Å². The molecule has 0 aromatic heterocycles. The normalized spacial score (nSPS) is 13.5. The lowest BCUT2D eigenvalue weighted by atomic mass is 10.5. The molecule has 0 aliphatic rings. The molecule has 0 rings (SSSR count). The lowest BCUT2D eigenvalue weighted by Crippen LogP contribution is -2.36. The SMILES string of the molecule is C/N=C(/C(N)=N/N)N(C)C. The van der Waals surface area contributed by atoms with E-state index >= 15 is 0 Å². The monoisotopic (exact) mass is 143 g/mol. The predicted molar refractivity (Wildman–Crippen MR) is 42.9 cm³/mol. The van der Waals surface area contributed by atoms with E-state index in [1.807, 2.05) is 14.1 Å². The van der Waals surface area contributed by atoms with E-state index in [9.17, 15) is 0 Å². The summed E-state index contributed by atoms with van der Waals surface area (Å²) in [6.45, 7) is 0. The van der Waals surface area contributed by atoms with Gasteiger partial charge in [-0.1, -0.05) is 0 Å². The Bertz CT molecular complexity index is 157. The molecule has 0 bridgehead atoms. The Morgan fingerprint density at radius 2 is 1.90 bits per heavy atom. The molecule has 0 saturated heterocycles. The second-order valence-corrected chi connectivity index (χ2v) is 1.96. The first-order valence-electron chi connectivity index (χ1n) is 2.81. The van der Waals surface area contributed by atoms with Gasteiger partial charge in [0.2, 0.25) is 0 Å². The highest BCUT2D eigenvalue weighted by atomic mass is 15.2. The van der Waals surface area contributed by atoms with Gasteiger partial charge in [-0.3, -0.25) is 4.99 Å². The lowest BCUT2D eigenvalue weighted by molar-refractivity contribution is 0.629. The third-order valence-corrected chi connectivity index (χ3v) is 1.00. The van der Waals surface area contributed by atoms with Crippen molar-refractivity contribution in [2.45, 2.75) is 0 Å². The van der Waals surface area contributed by atoms with E-state index < -0.39 is 0 Å². The molecule has 0 heterocycles. The number of likely N-dealkylation sites (N-methyl/N-ethyl adjacent to an activating group) is 1. The summed E-state index contributed by atoms with van der Waals surface area (Å²) in [6.07, 6.45) is 0. The van der Waals surface area contributed by atoms with Gasteiger partial charge in [-0.05, 0) is 0 Å². The number of nitrogens with zero attached hydrogens (tertiary/aromatic N) is 3. The van der Waals surface area contributed by atoms with Crippen LogP contribution in [0.3, 0.4) is 0 Å². The first kappa shape index (κ1) is 8.74. The Morgan fingerprint density at radius 3 is 2.00 bits per heavy atom. The molecule has 0 saturated carbocycles. The molecule has 0 radical (unpaired) electrons. The lowest BCUT2D eigenvalue weighted by Gasteiger charge is -2.12. The van der Waals surface area contributed by atoms with Crippen molar-refractivity contribution in [3.8, 4) is 0 Å². The van der Waals surface area contributed by atoms with Crippen LogP contribution in [0, 0.1) is 0 Å². The van der Waals surface area contributed by atoms with Crippen molar-refractivity contribution in [2.75, 3.05) is 21.1 Å². The fourth-order valence-corrected chi connectivity index (χ4v) is 0.601. The van der Waals surface area contributed by atoms with Crippen molar-refractivity contribution in [1.29, 1.82) is 0 Å². The number of aliphatic imine (C=N–C) groups is 1.